The normalized spacial score (nSPS) is 15.0. The van der Waals surface area contributed by atoms with Gasteiger partial charge in [0.05, 0.1) is 11.6 Å². The van der Waals surface area contributed by atoms with E-state index in [0.29, 0.717) is 5.88 Å². The first-order chi connectivity index (χ1) is 8.70. The summed E-state index contributed by atoms with van der Waals surface area (Å²) in [5.41, 5.74) is 3.07. The quantitative estimate of drug-likeness (QED) is 0.800. The molecule has 1 aliphatic heterocycles. The lowest BCUT2D eigenvalue weighted by molar-refractivity contribution is 0.772. The highest BCUT2D eigenvalue weighted by molar-refractivity contribution is 6.17. The number of rotatable bonds is 2. The maximum Gasteiger partial charge on any atom is 0.160 e. The highest BCUT2D eigenvalue weighted by Gasteiger charge is 2.19. The molecular formula is C13H18Cl2N4. The molecule has 19 heavy (non-hydrogen) atoms. The summed E-state index contributed by atoms with van der Waals surface area (Å²) in [7, 11) is 1.94. The minimum atomic E-state index is 0. The van der Waals surface area contributed by atoms with Crippen LogP contribution in [0.25, 0.3) is 11.0 Å². The van der Waals surface area contributed by atoms with E-state index in [9.17, 15) is 0 Å². The number of hydrogen-bond donors (Lipinski definition) is 0. The van der Waals surface area contributed by atoms with Gasteiger partial charge in [0.15, 0.2) is 5.65 Å². The molecule has 1 fully saturated rings. The van der Waals surface area contributed by atoms with Crippen molar-refractivity contribution < 1.29 is 0 Å². The lowest BCUT2D eigenvalue weighted by Gasteiger charge is -2.19. The molecule has 2 aromatic rings. The van der Waals surface area contributed by atoms with Crippen molar-refractivity contribution in [1.82, 2.24) is 14.8 Å². The second-order valence-corrected chi connectivity index (χ2v) is 5.15. The lowest BCUT2D eigenvalue weighted by atomic mass is 10.2. The van der Waals surface area contributed by atoms with Crippen molar-refractivity contribution in [1.29, 1.82) is 0 Å². The van der Waals surface area contributed by atoms with Crippen LogP contribution in [0.15, 0.2) is 6.07 Å². The van der Waals surface area contributed by atoms with E-state index in [2.05, 4.69) is 16.1 Å². The second kappa shape index (κ2) is 5.55. The molecule has 1 saturated heterocycles. The Morgan fingerprint density at radius 2 is 2.00 bits per heavy atom. The van der Waals surface area contributed by atoms with Crippen LogP contribution in [0.1, 0.15) is 24.1 Å². The average molecular weight is 301 g/mol. The third-order valence-corrected chi connectivity index (χ3v) is 3.89. The molecule has 0 aliphatic carbocycles. The smallest absolute Gasteiger partial charge is 0.160 e. The summed E-state index contributed by atoms with van der Waals surface area (Å²) >= 11 is 6.08. The van der Waals surface area contributed by atoms with Gasteiger partial charge in [-0.25, -0.2) is 4.98 Å². The summed E-state index contributed by atoms with van der Waals surface area (Å²) < 4.78 is 1.85. The van der Waals surface area contributed by atoms with Crippen LogP contribution >= 0.6 is 24.0 Å². The summed E-state index contributed by atoms with van der Waals surface area (Å²) in [6.07, 6.45) is 2.48. The summed E-state index contributed by atoms with van der Waals surface area (Å²) in [6.45, 7) is 4.18. The Kier molecular flexibility index (Phi) is 4.21. The van der Waals surface area contributed by atoms with E-state index in [1.807, 2.05) is 18.7 Å². The van der Waals surface area contributed by atoms with Gasteiger partial charge in [0.1, 0.15) is 5.82 Å². The van der Waals surface area contributed by atoms with E-state index >= 15 is 0 Å². The molecule has 0 amide bonds. The third-order valence-electron chi connectivity index (χ3n) is 3.60. The maximum atomic E-state index is 6.08. The average Bonchev–Trinajstić information content (AvgIpc) is 2.98. The molecular weight excluding hydrogens is 283 g/mol. The molecule has 0 aromatic carbocycles. The first-order valence-corrected chi connectivity index (χ1v) is 6.88. The highest BCUT2D eigenvalue weighted by atomic mass is 35.5. The number of halogens is 2. The van der Waals surface area contributed by atoms with Crippen molar-refractivity contribution in [3.8, 4) is 0 Å². The molecule has 1 aliphatic rings. The lowest BCUT2D eigenvalue weighted by Crippen LogP contribution is -2.20. The molecule has 3 heterocycles. The van der Waals surface area contributed by atoms with Gasteiger partial charge in [-0.2, -0.15) is 5.10 Å². The van der Waals surface area contributed by atoms with E-state index < -0.39 is 0 Å². The van der Waals surface area contributed by atoms with Gasteiger partial charge in [-0.3, -0.25) is 4.68 Å². The zero-order chi connectivity index (χ0) is 12.7. The van der Waals surface area contributed by atoms with Gasteiger partial charge in [-0.1, -0.05) is 0 Å². The predicted octanol–water partition coefficient (Wildman–Crippen LogP) is 3.04. The Balaban J connectivity index is 0.00000133. The number of nitrogens with zero attached hydrogens (tertiary/aromatic N) is 4. The van der Waals surface area contributed by atoms with Crippen molar-refractivity contribution in [2.45, 2.75) is 25.6 Å². The SMILES string of the molecule is Cc1nn(C)c2nc(N3CCCC3)c(CCl)cc12.Cl. The van der Waals surface area contributed by atoms with Crippen LogP contribution < -0.4 is 4.90 Å². The minimum Gasteiger partial charge on any atom is -0.356 e. The highest BCUT2D eigenvalue weighted by Crippen LogP contribution is 2.28. The predicted molar refractivity (Wildman–Crippen MR) is 81.5 cm³/mol. The van der Waals surface area contributed by atoms with Crippen molar-refractivity contribution >= 4 is 40.9 Å². The molecule has 0 bridgehead atoms. The molecule has 0 radical (unpaired) electrons. The van der Waals surface area contributed by atoms with Gasteiger partial charge < -0.3 is 4.90 Å². The van der Waals surface area contributed by atoms with Crippen LogP contribution in [-0.2, 0) is 12.9 Å². The van der Waals surface area contributed by atoms with Crippen molar-refractivity contribution in [3.05, 3.63) is 17.3 Å². The molecule has 4 nitrogen and oxygen atoms in total. The molecule has 104 valence electrons. The second-order valence-electron chi connectivity index (χ2n) is 4.88. The number of fused-ring (bicyclic) bond motifs is 1. The van der Waals surface area contributed by atoms with Gasteiger partial charge >= 0.3 is 0 Å². The standard InChI is InChI=1S/C13H17ClN4.ClH/c1-9-11-7-10(8-14)12(18-5-3-4-6-18)15-13(11)17(2)16-9;/h7H,3-6,8H2,1-2H3;1H. The molecule has 0 spiro atoms. The molecule has 3 rings (SSSR count). The van der Waals surface area contributed by atoms with Crippen LogP contribution in [0.3, 0.4) is 0 Å². The number of alkyl halides is 1. The maximum absolute atomic E-state index is 6.08. The summed E-state index contributed by atoms with van der Waals surface area (Å²) in [6, 6.07) is 2.14. The Morgan fingerprint density at radius 1 is 1.32 bits per heavy atom. The third kappa shape index (κ3) is 2.39. The van der Waals surface area contributed by atoms with Crippen LogP contribution in [-0.4, -0.2) is 27.9 Å². The Labute approximate surface area is 124 Å². The molecule has 0 unspecified atom stereocenters. The summed E-state index contributed by atoms with van der Waals surface area (Å²) in [5, 5.41) is 5.53. The van der Waals surface area contributed by atoms with E-state index in [-0.39, 0.29) is 12.4 Å². The number of pyridine rings is 1. The van der Waals surface area contributed by atoms with E-state index in [1.54, 1.807) is 0 Å². The fourth-order valence-corrected chi connectivity index (χ4v) is 2.87. The van der Waals surface area contributed by atoms with Crippen molar-refractivity contribution in [3.63, 3.8) is 0 Å². The molecule has 6 heteroatoms. The van der Waals surface area contributed by atoms with Crippen LogP contribution in [0, 0.1) is 6.92 Å². The Morgan fingerprint density at radius 3 is 2.63 bits per heavy atom. The van der Waals surface area contributed by atoms with E-state index in [4.69, 9.17) is 16.6 Å². The minimum absolute atomic E-state index is 0. The fraction of sp³-hybridized carbons (Fsp3) is 0.538. The Bertz CT molecular complexity index is 588. The number of aromatic nitrogens is 3. The zero-order valence-corrected chi connectivity index (χ0v) is 12.8. The number of hydrogen-bond acceptors (Lipinski definition) is 3. The van der Waals surface area contributed by atoms with Gasteiger partial charge in [-0.05, 0) is 25.8 Å². The number of anilines is 1. The van der Waals surface area contributed by atoms with Crippen molar-refractivity contribution in [2.75, 3.05) is 18.0 Å². The fourth-order valence-electron chi connectivity index (χ4n) is 2.68. The summed E-state index contributed by atoms with van der Waals surface area (Å²) in [5.74, 6) is 1.54. The summed E-state index contributed by atoms with van der Waals surface area (Å²) in [4.78, 5) is 7.12. The van der Waals surface area contributed by atoms with Crippen molar-refractivity contribution in [2.24, 2.45) is 7.05 Å². The number of aryl methyl sites for hydroxylation is 2. The van der Waals surface area contributed by atoms with Gasteiger partial charge in [0, 0.05) is 31.1 Å². The van der Waals surface area contributed by atoms with Gasteiger partial charge in [0.25, 0.3) is 0 Å². The van der Waals surface area contributed by atoms with E-state index in [0.717, 1.165) is 41.2 Å². The monoisotopic (exact) mass is 300 g/mol. The van der Waals surface area contributed by atoms with Crippen LogP contribution in [0.5, 0.6) is 0 Å². The van der Waals surface area contributed by atoms with Gasteiger partial charge in [-0.15, -0.1) is 24.0 Å². The first kappa shape index (κ1) is 14.4. The first-order valence-electron chi connectivity index (χ1n) is 6.35. The van der Waals surface area contributed by atoms with Gasteiger partial charge in [0.2, 0.25) is 0 Å². The zero-order valence-electron chi connectivity index (χ0n) is 11.2. The van der Waals surface area contributed by atoms with Crippen LogP contribution in [0.2, 0.25) is 0 Å². The van der Waals surface area contributed by atoms with E-state index in [1.165, 1.54) is 12.8 Å². The molecule has 0 saturated carbocycles. The topological polar surface area (TPSA) is 34.0 Å². The largest absolute Gasteiger partial charge is 0.356 e. The molecule has 0 atom stereocenters. The Hall–Kier alpha value is -1.00. The van der Waals surface area contributed by atoms with Crippen LogP contribution in [0.4, 0.5) is 5.82 Å². The molecule has 2 aromatic heterocycles. The molecule has 0 N–H and O–H groups in total.